The molecule has 0 saturated heterocycles. The monoisotopic (exact) mass is 250 g/mol. The molecule has 0 aliphatic heterocycles. The molecule has 0 rings (SSSR count). The summed E-state index contributed by atoms with van der Waals surface area (Å²) in [6.45, 7) is 15.4. The molecule has 0 aliphatic rings. The number of hydrogen-bond donors (Lipinski definition) is 0. The van der Waals surface area contributed by atoms with Crippen LogP contribution >= 0.6 is 0 Å². The van der Waals surface area contributed by atoms with Crippen LogP contribution in [0.25, 0.3) is 0 Å². The summed E-state index contributed by atoms with van der Waals surface area (Å²) >= 11 is 0. The van der Waals surface area contributed by atoms with Crippen LogP contribution < -0.4 is 0 Å². The smallest absolute Gasteiger partial charge is 0.184 e. The van der Waals surface area contributed by atoms with E-state index in [1.54, 1.807) is 13.8 Å². The van der Waals surface area contributed by atoms with Crippen molar-refractivity contribution in [3.8, 4) is 0 Å². The highest BCUT2D eigenvalue weighted by Crippen LogP contribution is 2.19. The van der Waals surface area contributed by atoms with Gasteiger partial charge in [0.25, 0.3) is 0 Å². The van der Waals surface area contributed by atoms with E-state index in [1.165, 1.54) is 6.08 Å². The third-order valence-corrected chi connectivity index (χ3v) is 2.54. The summed E-state index contributed by atoms with van der Waals surface area (Å²) in [4.78, 5) is 11.6. The molecule has 18 heavy (non-hydrogen) atoms. The van der Waals surface area contributed by atoms with E-state index in [9.17, 15) is 9.18 Å². The van der Waals surface area contributed by atoms with E-state index in [2.05, 4.69) is 18.9 Å². The summed E-state index contributed by atoms with van der Waals surface area (Å²) in [6.07, 6.45) is 0.224. The molecule has 0 aromatic heterocycles. The van der Waals surface area contributed by atoms with Gasteiger partial charge in [0.2, 0.25) is 0 Å². The molecule has 100 valence electrons. The van der Waals surface area contributed by atoms with E-state index >= 15 is 0 Å². The van der Waals surface area contributed by atoms with Gasteiger partial charge in [0.1, 0.15) is 0 Å². The molecule has 1 atom stereocenters. The summed E-state index contributed by atoms with van der Waals surface area (Å²) in [6, 6.07) is 0. The number of ketones is 1. The molecule has 0 heterocycles. The first-order chi connectivity index (χ1) is 8.23. The molecule has 0 bridgehead atoms. The topological polar surface area (TPSA) is 17.1 Å². The van der Waals surface area contributed by atoms with Gasteiger partial charge in [-0.1, -0.05) is 38.2 Å². The summed E-state index contributed by atoms with van der Waals surface area (Å²) < 4.78 is 13.5. The van der Waals surface area contributed by atoms with Crippen LogP contribution in [0.4, 0.5) is 4.39 Å². The Labute approximate surface area is 110 Å². The molecule has 2 heteroatoms. The Kier molecular flexibility index (Phi) is 7.23. The molecule has 1 nitrogen and oxygen atoms in total. The van der Waals surface area contributed by atoms with Gasteiger partial charge in [-0.05, 0) is 37.8 Å². The van der Waals surface area contributed by atoms with Crippen molar-refractivity contribution in [1.29, 1.82) is 0 Å². The van der Waals surface area contributed by atoms with Crippen LogP contribution in [0.2, 0.25) is 0 Å². The van der Waals surface area contributed by atoms with Gasteiger partial charge in [-0.2, -0.15) is 0 Å². The molecular formula is C16H23FO. The Morgan fingerprint density at radius 1 is 1.28 bits per heavy atom. The van der Waals surface area contributed by atoms with Crippen LogP contribution in [0, 0.1) is 5.92 Å². The molecule has 0 spiro atoms. The zero-order valence-corrected chi connectivity index (χ0v) is 11.8. The Balaban J connectivity index is 4.37. The number of halogens is 1. The Hall–Kier alpha value is -1.40. The maximum Gasteiger partial charge on any atom is 0.184 e. The minimum absolute atomic E-state index is 0.0633. The zero-order valence-electron chi connectivity index (χ0n) is 11.8. The average Bonchev–Trinajstić information content (AvgIpc) is 2.24. The van der Waals surface area contributed by atoms with Crippen molar-refractivity contribution in [1.82, 2.24) is 0 Å². The maximum absolute atomic E-state index is 13.5. The van der Waals surface area contributed by atoms with Gasteiger partial charge in [-0.3, -0.25) is 4.79 Å². The van der Waals surface area contributed by atoms with Crippen molar-refractivity contribution in [2.75, 3.05) is 0 Å². The van der Waals surface area contributed by atoms with E-state index in [0.717, 1.165) is 11.1 Å². The molecule has 0 amide bonds. The lowest BCUT2D eigenvalue weighted by Crippen LogP contribution is -2.13. The first-order valence-corrected chi connectivity index (χ1v) is 6.15. The largest absolute Gasteiger partial charge is 0.296 e. The predicted octanol–water partition coefficient (Wildman–Crippen LogP) is 4.56. The number of allylic oxidation sites excluding steroid dienone is 3. The van der Waals surface area contributed by atoms with Gasteiger partial charge >= 0.3 is 0 Å². The number of Topliss-reactive ketones (excluding diaryl/α,β-unsaturated/α-hetero) is 1. The van der Waals surface area contributed by atoms with E-state index < -0.39 is 12.0 Å². The minimum atomic E-state index is -1.59. The number of rotatable bonds is 7. The van der Waals surface area contributed by atoms with Crippen molar-refractivity contribution < 1.29 is 9.18 Å². The van der Waals surface area contributed by atoms with E-state index in [-0.39, 0.29) is 6.42 Å². The lowest BCUT2D eigenvalue weighted by molar-refractivity contribution is -0.121. The summed E-state index contributed by atoms with van der Waals surface area (Å²) in [5.41, 5.74) is 5.28. The molecule has 0 aliphatic carbocycles. The highest BCUT2D eigenvalue weighted by molar-refractivity contribution is 5.86. The van der Waals surface area contributed by atoms with Gasteiger partial charge in [0.15, 0.2) is 12.0 Å². The standard InChI is InChI=1S/C16H23FO/c1-11(2)7-8-15(17)16(18)10-13(5)9-14(6)12(3)4/h8,12,15H,5-6,9-10H2,1-4H3. The van der Waals surface area contributed by atoms with E-state index in [0.29, 0.717) is 17.9 Å². The van der Waals surface area contributed by atoms with Crippen molar-refractivity contribution in [2.24, 2.45) is 5.92 Å². The fourth-order valence-electron chi connectivity index (χ4n) is 1.26. The Morgan fingerprint density at radius 3 is 2.28 bits per heavy atom. The van der Waals surface area contributed by atoms with Crippen molar-refractivity contribution in [3.05, 3.63) is 41.7 Å². The van der Waals surface area contributed by atoms with Crippen LogP contribution in [0.15, 0.2) is 41.7 Å². The van der Waals surface area contributed by atoms with Gasteiger partial charge in [0, 0.05) is 6.42 Å². The van der Waals surface area contributed by atoms with Crippen LogP contribution in [0.1, 0.15) is 40.5 Å². The van der Waals surface area contributed by atoms with Crippen LogP contribution in [0.5, 0.6) is 0 Å². The molecule has 0 saturated carbocycles. The second-order valence-electron chi connectivity index (χ2n) is 5.10. The first kappa shape index (κ1) is 16.6. The molecule has 0 aromatic carbocycles. The van der Waals surface area contributed by atoms with E-state index in [4.69, 9.17) is 0 Å². The SMILES string of the molecule is C=C(CC(=C)C(C)C)CC(=O)C(F)C=C=C(C)C. The molecule has 0 aromatic rings. The minimum Gasteiger partial charge on any atom is -0.296 e. The number of hydrogen-bond acceptors (Lipinski definition) is 1. The fourth-order valence-corrected chi connectivity index (χ4v) is 1.26. The maximum atomic E-state index is 13.5. The van der Waals surface area contributed by atoms with E-state index in [1.807, 2.05) is 13.8 Å². The summed E-state index contributed by atoms with van der Waals surface area (Å²) in [5, 5.41) is 0. The van der Waals surface area contributed by atoms with Crippen LogP contribution in [-0.4, -0.2) is 12.0 Å². The predicted molar refractivity (Wildman–Crippen MR) is 75.2 cm³/mol. The van der Waals surface area contributed by atoms with Gasteiger partial charge in [-0.25, -0.2) is 4.39 Å². The normalized spacial score (nSPS) is 11.7. The lowest BCUT2D eigenvalue weighted by atomic mass is 9.95. The van der Waals surface area contributed by atoms with Gasteiger partial charge < -0.3 is 0 Å². The lowest BCUT2D eigenvalue weighted by Gasteiger charge is -2.11. The highest BCUT2D eigenvalue weighted by Gasteiger charge is 2.15. The van der Waals surface area contributed by atoms with Crippen molar-refractivity contribution >= 4 is 5.78 Å². The average molecular weight is 250 g/mol. The zero-order chi connectivity index (χ0) is 14.3. The Bertz CT molecular complexity index is 391. The molecule has 0 radical (unpaired) electrons. The molecular weight excluding hydrogens is 227 g/mol. The summed E-state index contributed by atoms with van der Waals surface area (Å²) in [5.74, 6) is -0.117. The Morgan fingerprint density at radius 2 is 1.83 bits per heavy atom. The second-order valence-corrected chi connectivity index (χ2v) is 5.10. The molecule has 0 fully saturated rings. The molecule has 1 unspecified atom stereocenters. The summed E-state index contributed by atoms with van der Waals surface area (Å²) in [7, 11) is 0. The number of carbonyl (C=O) groups is 1. The first-order valence-electron chi connectivity index (χ1n) is 6.15. The highest BCUT2D eigenvalue weighted by atomic mass is 19.1. The quantitative estimate of drug-likeness (QED) is 0.478. The van der Waals surface area contributed by atoms with Gasteiger partial charge in [-0.15, -0.1) is 5.73 Å². The second kappa shape index (κ2) is 7.84. The molecule has 0 N–H and O–H groups in total. The van der Waals surface area contributed by atoms with Crippen LogP contribution in [0.3, 0.4) is 0 Å². The third kappa shape index (κ3) is 7.03. The van der Waals surface area contributed by atoms with Crippen molar-refractivity contribution in [3.63, 3.8) is 0 Å². The number of alkyl halides is 1. The fraction of sp³-hybridized carbons (Fsp3) is 0.500. The third-order valence-electron chi connectivity index (χ3n) is 2.54. The van der Waals surface area contributed by atoms with Crippen molar-refractivity contribution in [2.45, 2.75) is 46.7 Å². The number of carbonyl (C=O) groups excluding carboxylic acids is 1. The van der Waals surface area contributed by atoms with Crippen LogP contribution in [-0.2, 0) is 4.79 Å². The van der Waals surface area contributed by atoms with Gasteiger partial charge in [0.05, 0.1) is 0 Å².